The highest BCUT2D eigenvalue weighted by Gasteiger charge is 2.10. The van der Waals surface area contributed by atoms with Gasteiger partial charge in [0, 0.05) is 10.0 Å². The van der Waals surface area contributed by atoms with Gasteiger partial charge >= 0.3 is 0 Å². The number of nitrogens with zero attached hydrogens (tertiary/aromatic N) is 2. The number of anilines is 1. The second-order valence-corrected chi connectivity index (χ2v) is 4.50. The van der Waals surface area contributed by atoms with E-state index in [-0.39, 0.29) is 0 Å². The molecule has 0 unspecified atom stereocenters. The molecular weight excluding hydrogens is 262 g/mol. The Morgan fingerprint density at radius 1 is 1.43 bits per heavy atom. The molecule has 1 heterocycles. The van der Waals surface area contributed by atoms with Gasteiger partial charge in [-0.2, -0.15) is 9.36 Å². The van der Waals surface area contributed by atoms with Crippen molar-refractivity contribution in [3.63, 3.8) is 0 Å². The molecule has 0 fully saturated rings. The van der Waals surface area contributed by atoms with Gasteiger partial charge in [0.1, 0.15) is 5.01 Å². The third kappa shape index (κ3) is 1.65. The molecule has 1 aromatic heterocycles. The fourth-order valence-electron chi connectivity index (χ4n) is 1.24. The molecule has 2 aromatic rings. The zero-order valence-corrected chi connectivity index (χ0v) is 9.89. The quantitative estimate of drug-likeness (QED) is 0.866. The summed E-state index contributed by atoms with van der Waals surface area (Å²) in [6.07, 6.45) is 0. The Hall–Kier alpha value is -0.940. The molecule has 0 aliphatic heterocycles. The second-order valence-electron chi connectivity index (χ2n) is 2.89. The Kier molecular flexibility index (Phi) is 2.52. The van der Waals surface area contributed by atoms with Crippen LogP contribution >= 0.6 is 27.5 Å². The highest BCUT2D eigenvalue weighted by molar-refractivity contribution is 9.10. The van der Waals surface area contributed by atoms with Crippen molar-refractivity contribution >= 4 is 33.4 Å². The maximum Gasteiger partial charge on any atom is 0.232 e. The van der Waals surface area contributed by atoms with Crippen molar-refractivity contribution in [3.05, 3.63) is 28.2 Å². The minimum Gasteiger partial charge on any atom is -0.367 e. The fourth-order valence-corrected chi connectivity index (χ4v) is 2.74. The van der Waals surface area contributed by atoms with E-state index in [0.717, 1.165) is 20.6 Å². The Morgan fingerprint density at radius 2 is 2.21 bits per heavy atom. The molecule has 0 aliphatic carbocycles. The van der Waals surface area contributed by atoms with Crippen LogP contribution in [0.15, 0.2) is 22.7 Å². The Morgan fingerprint density at radius 3 is 2.79 bits per heavy atom. The van der Waals surface area contributed by atoms with E-state index in [4.69, 9.17) is 5.73 Å². The number of halogens is 1. The van der Waals surface area contributed by atoms with Crippen LogP contribution in [0.2, 0.25) is 0 Å². The van der Waals surface area contributed by atoms with E-state index in [1.54, 1.807) is 0 Å². The smallest absolute Gasteiger partial charge is 0.232 e. The maximum atomic E-state index is 5.49. The number of nitrogens with two attached hydrogens (primary N) is 1. The summed E-state index contributed by atoms with van der Waals surface area (Å²) < 4.78 is 4.98. The average molecular weight is 270 g/mol. The number of aromatic nitrogens is 2. The molecule has 0 radical (unpaired) electrons. The van der Waals surface area contributed by atoms with Crippen molar-refractivity contribution in [1.82, 2.24) is 9.36 Å². The first-order valence-corrected chi connectivity index (χ1v) is 5.60. The first kappa shape index (κ1) is 9.61. The fraction of sp³-hybridized carbons (Fsp3) is 0.111. The van der Waals surface area contributed by atoms with Gasteiger partial charge in [0.15, 0.2) is 0 Å². The second kappa shape index (κ2) is 3.67. The van der Waals surface area contributed by atoms with Gasteiger partial charge in [-0.1, -0.05) is 28.1 Å². The summed E-state index contributed by atoms with van der Waals surface area (Å²) in [5.74, 6) is 0.333. The third-order valence-electron chi connectivity index (χ3n) is 1.88. The van der Waals surface area contributed by atoms with E-state index in [2.05, 4.69) is 25.3 Å². The van der Waals surface area contributed by atoms with Crippen LogP contribution in [0.3, 0.4) is 0 Å². The lowest BCUT2D eigenvalue weighted by molar-refractivity contribution is 1.32. The number of aryl methyl sites for hydroxylation is 1. The number of nitrogen functional groups attached to an aromatic ring is 1. The summed E-state index contributed by atoms with van der Waals surface area (Å²) in [4.78, 5) is 4.16. The van der Waals surface area contributed by atoms with Crippen molar-refractivity contribution < 1.29 is 0 Å². The van der Waals surface area contributed by atoms with Crippen molar-refractivity contribution in [2.45, 2.75) is 6.92 Å². The summed E-state index contributed by atoms with van der Waals surface area (Å²) in [7, 11) is 0. The Bertz CT molecular complexity index is 447. The average Bonchev–Trinajstić information content (AvgIpc) is 2.51. The predicted molar refractivity (Wildman–Crippen MR) is 62.2 cm³/mol. The van der Waals surface area contributed by atoms with E-state index in [1.807, 2.05) is 25.1 Å². The van der Waals surface area contributed by atoms with Crippen LogP contribution in [0.1, 0.15) is 5.56 Å². The highest BCUT2D eigenvalue weighted by atomic mass is 79.9. The summed E-state index contributed by atoms with van der Waals surface area (Å²) in [5, 5.41) is 0.854. The molecule has 0 atom stereocenters. The largest absolute Gasteiger partial charge is 0.367 e. The number of benzene rings is 1. The number of rotatable bonds is 1. The van der Waals surface area contributed by atoms with E-state index in [0.29, 0.717) is 5.95 Å². The van der Waals surface area contributed by atoms with Crippen molar-refractivity contribution in [1.29, 1.82) is 0 Å². The lowest BCUT2D eigenvalue weighted by Gasteiger charge is -2.03. The Balaban J connectivity index is 2.61. The SMILES string of the molecule is Cc1cccc(Br)c1-c1nc(N)ns1. The van der Waals surface area contributed by atoms with E-state index < -0.39 is 0 Å². The molecule has 2 N–H and O–H groups in total. The topological polar surface area (TPSA) is 51.8 Å². The maximum absolute atomic E-state index is 5.49. The molecule has 0 aliphatic rings. The van der Waals surface area contributed by atoms with Crippen LogP contribution in [0.4, 0.5) is 5.95 Å². The summed E-state index contributed by atoms with van der Waals surface area (Å²) in [5.41, 5.74) is 7.72. The van der Waals surface area contributed by atoms with Crippen LogP contribution in [0.25, 0.3) is 10.6 Å². The molecule has 0 spiro atoms. The molecular formula is C9H8BrN3S. The third-order valence-corrected chi connectivity index (χ3v) is 3.29. The zero-order valence-electron chi connectivity index (χ0n) is 7.49. The minimum atomic E-state index is 0.333. The lowest BCUT2D eigenvalue weighted by Crippen LogP contribution is -1.87. The van der Waals surface area contributed by atoms with Gasteiger partial charge < -0.3 is 5.73 Å². The molecule has 72 valence electrons. The van der Waals surface area contributed by atoms with E-state index >= 15 is 0 Å². The van der Waals surface area contributed by atoms with Crippen molar-refractivity contribution in [2.75, 3.05) is 5.73 Å². The van der Waals surface area contributed by atoms with Gasteiger partial charge in [-0.15, -0.1) is 0 Å². The number of hydrogen-bond acceptors (Lipinski definition) is 4. The standard InChI is InChI=1S/C9H8BrN3S/c1-5-3-2-4-6(10)7(5)8-12-9(11)13-14-8/h2-4H,1H3,(H2,11,13). The predicted octanol–water partition coefficient (Wildman–Crippen LogP) is 2.86. The van der Waals surface area contributed by atoms with Gasteiger partial charge in [0.2, 0.25) is 5.95 Å². The normalized spacial score (nSPS) is 10.4. The van der Waals surface area contributed by atoms with Crippen LogP contribution < -0.4 is 5.73 Å². The number of hydrogen-bond donors (Lipinski definition) is 1. The van der Waals surface area contributed by atoms with Crippen LogP contribution in [0.5, 0.6) is 0 Å². The minimum absolute atomic E-state index is 0.333. The lowest BCUT2D eigenvalue weighted by atomic mass is 10.1. The first-order valence-electron chi connectivity index (χ1n) is 4.03. The van der Waals surface area contributed by atoms with Gasteiger partial charge in [0.25, 0.3) is 0 Å². The van der Waals surface area contributed by atoms with Gasteiger partial charge in [-0.25, -0.2) is 0 Å². The zero-order chi connectivity index (χ0) is 10.1. The summed E-state index contributed by atoms with van der Waals surface area (Å²) in [6, 6.07) is 6.02. The molecule has 0 saturated heterocycles. The van der Waals surface area contributed by atoms with Crippen LogP contribution in [0, 0.1) is 6.92 Å². The summed E-state index contributed by atoms with van der Waals surface area (Å²) >= 11 is 4.81. The molecule has 3 nitrogen and oxygen atoms in total. The van der Waals surface area contributed by atoms with Crippen molar-refractivity contribution in [2.24, 2.45) is 0 Å². The molecule has 5 heteroatoms. The molecule has 2 rings (SSSR count). The molecule has 14 heavy (non-hydrogen) atoms. The monoisotopic (exact) mass is 269 g/mol. The van der Waals surface area contributed by atoms with E-state index in [9.17, 15) is 0 Å². The van der Waals surface area contributed by atoms with Gasteiger partial charge in [0.05, 0.1) is 0 Å². The molecule has 0 saturated carbocycles. The van der Waals surface area contributed by atoms with Gasteiger partial charge in [-0.05, 0) is 30.1 Å². The highest BCUT2D eigenvalue weighted by Crippen LogP contribution is 2.32. The summed E-state index contributed by atoms with van der Waals surface area (Å²) in [6.45, 7) is 2.04. The van der Waals surface area contributed by atoms with Crippen LogP contribution in [-0.4, -0.2) is 9.36 Å². The van der Waals surface area contributed by atoms with E-state index in [1.165, 1.54) is 11.5 Å². The Labute approximate surface area is 94.3 Å². The van der Waals surface area contributed by atoms with Crippen molar-refractivity contribution in [3.8, 4) is 10.6 Å². The van der Waals surface area contributed by atoms with Crippen LogP contribution in [-0.2, 0) is 0 Å². The molecule has 1 aromatic carbocycles. The molecule has 0 bridgehead atoms. The van der Waals surface area contributed by atoms with Gasteiger partial charge in [-0.3, -0.25) is 0 Å². The molecule has 0 amide bonds. The first-order chi connectivity index (χ1) is 6.68.